The fraction of sp³-hybridized carbons (Fsp3) is 0. The van der Waals surface area contributed by atoms with Gasteiger partial charge >= 0.3 is 49.5 Å². The van der Waals surface area contributed by atoms with Crippen molar-refractivity contribution in [2.45, 2.75) is 0 Å². The summed E-state index contributed by atoms with van der Waals surface area (Å²) in [5.74, 6) is 0. The van der Waals surface area contributed by atoms with Crippen LogP contribution in [0.1, 0.15) is 0 Å². The van der Waals surface area contributed by atoms with Crippen LogP contribution in [0.3, 0.4) is 0 Å². The Morgan fingerprint density at radius 2 is 0.400 bits per heavy atom. The molecule has 0 aliphatic heterocycles. The van der Waals surface area contributed by atoms with Crippen molar-refractivity contribution in [3.8, 4) is 0 Å². The van der Waals surface area contributed by atoms with E-state index in [0.717, 1.165) is 0 Å². The fourth-order valence-electron chi connectivity index (χ4n) is 0. The van der Waals surface area contributed by atoms with Crippen molar-refractivity contribution in [1.29, 1.82) is 0 Å². The third-order valence-electron chi connectivity index (χ3n) is 0. The van der Waals surface area contributed by atoms with Gasteiger partial charge in [-0.1, -0.05) is 0 Å². The second-order valence-electron chi connectivity index (χ2n) is 0. The quantitative estimate of drug-likeness (QED) is 0.479. The second-order valence-corrected chi connectivity index (χ2v) is 0. The van der Waals surface area contributed by atoms with E-state index in [4.69, 9.17) is 0 Å². The zero-order valence-electron chi connectivity index (χ0n) is 2.10. The fourth-order valence-corrected chi connectivity index (χ4v) is 0. The van der Waals surface area contributed by atoms with Crippen LogP contribution < -0.4 is 0 Å². The first-order valence-electron chi connectivity index (χ1n) is 0. The molecule has 0 spiro atoms. The van der Waals surface area contributed by atoms with Crippen molar-refractivity contribution in [3.05, 3.63) is 0 Å². The monoisotopic (exact) mass is 228 g/mol. The standard InChI is InChI=1S/2Al.3Ni/q;;3*+2. The van der Waals surface area contributed by atoms with E-state index in [9.17, 15) is 0 Å². The summed E-state index contributed by atoms with van der Waals surface area (Å²) in [5.41, 5.74) is 0. The van der Waals surface area contributed by atoms with Gasteiger partial charge < -0.3 is 0 Å². The molecule has 0 saturated heterocycles. The summed E-state index contributed by atoms with van der Waals surface area (Å²) >= 11 is 0. The van der Waals surface area contributed by atoms with Gasteiger partial charge in [-0.15, -0.1) is 0 Å². The third kappa shape index (κ3) is 20.9. The smallest absolute Gasteiger partial charge is 0 e. The van der Waals surface area contributed by atoms with Crippen molar-refractivity contribution >= 4 is 34.7 Å². The summed E-state index contributed by atoms with van der Waals surface area (Å²) in [5, 5.41) is 0. The van der Waals surface area contributed by atoms with E-state index in [0.29, 0.717) is 0 Å². The molecule has 0 aromatic carbocycles. The minimum absolute atomic E-state index is 0. The van der Waals surface area contributed by atoms with Gasteiger partial charge in [0.25, 0.3) is 0 Å². The Labute approximate surface area is 83.3 Å². The number of rotatable bonds is 0. The molecule has 0 nitrogen and oxygen atoms in total. The molecule has 0 aliphatic rings. The Morgan fingerprint density at radius 1 is 0.400 bits per heavy atom. The van der Waals surface area contributed by atoms with Crippen molar-refractivity contribution in [2.75, 3.05) is 0 Å². The molecule has 0 atom stereocenters. The topological polar surface area (TPSA) is 0 Å². The zero-order chi connectivity index (χ0) is 0. The minimum atomic E-state index is 0. The molecule has 0 heterocycles. The van der Waals surface area contributed by atoms with Crippen molar-refractivity contribution < 1.29 is 49.5 Å². The Morgan fingerprint density at radius 3 is 0.400 bits per heavy atom. The van der Waals surface area contributed by atoms with Crippen LogP contribution in [0.2, 0.25) is 0 Å². The summed E-state index contributed by atoms with van der Waals surface area (Å²) in [6.45, 7) is 0. The molecular weight excluding hydrogens is 230 g/mol. The van der Waals surface area contributed by atoms with Gasteiger partial charge in [-0.05, 0) is 0 Å². The van der Waals surface area contributed by atoms with E-state index >= 15 is 0 Å². The van der Waals surface area contributed by atoms with Crippen LogP contribution in [0.5, 0.6) is 0 Å². The maximum absolute atomic E-state index is 0. The second kappa shape index (κ2) is 31.1. The van der Waals surface area contributed by atoms with Gasteiger partial charge in [0.15, 0.2) is 0 Å². The van der Waals surface area contributed by atoms with Crippen LogP contribution in [0, 0.1) is 0 Å². The van der Waals surface area contributed by atoms with Gasteiger partial charge in [0.1, 0.15) is 0 Å². The molecule has 0 aromatic heterocycles. The first kappa shape index (κ1) is 49.9. The van der Waals surface area contributed by atoms with Crippen LogP contribution in [-0.2, 0) is 49.5 Å². The van der Waals surface area contributed by atoms with E-state index in [-0.39, 0.29) is 84.2 Å². The van der Waals surface area contributed by atoms with Crippen LogP contribution >= 0.6 is 0 Å². The minimum Gasteiger partial charge on any atom is 0 e. The average molecular weight is 230 g/mol. The first-order valence-corrected chi connectivity index (χ1v) is 0. The normalized spacial score (nSPS) is 0. The van der Waals surface area contributed by atoms with Crippen LogP contribution in [-0.4, -0.2) is 34.7 Å². The number of hydrogen-bond acceptors (Lipinski definition) is 0. The Kier molecular flexibility index (Phi) is 310. The summed E-state index contributed by atoms with van der Waals surface area (Å²) in [4.78, 5) is 0. The van der Waals surface area contributed by atoms with Crippen molar-refractivity contribution in [1.82, 2.24) is 0 Å². The molecule has 0 saturated carbocycles. The van der Waals surface area contributed by atoms with Crippen molar-refractivity contribution in [3.63, 3.8) is 0 Å². The SMILES string of the molecule is [Al].[Al].[Ni+2].[Ni+2].[Ni+2]. The molecule has 5 heavy (non-hydrogen) atoms. The molecule has 0 rings (SSSR count). The van der Waals surface area contributed by atoms with Gasteiger partial charge in [0, 0.05) is 34.7 Å². The van der Waals surface area contributed by atoms with E-state index in [2.05, 4.69) is 0 Å². The zero-order valence-corrected chi connectivity index (χ0v) is 7.38. The van der Waals surface area contributed by atoms with E-state index in [1.165, 1.54) is 0 Å². The molecule has 0 aliphatic carbocycles. The molecular formula is Al2Ni3+6. The Balaban J connectivity index is 0. The molecule has 30 valence electrons. The maximum Gasteiger partial charge on any atom is 2.00 e. The van der Waals surface area contributed by atoms with Crippen LogP contribution in [0.15, 0.2) is 0 Å². The van der Waals surface area contributed by atoms with Crippen LogP contribution in [0.4, 0.5) is 0 Å². The van der Waals surface area contributed by atoms with Gasteiger partial charge in [0.2, 0.25) is 0 Å². The van der Waals surface area contributed by atoms with E-state index < -0.39 is 0 Å². The maximum atomic E-state index is 0. The van der Waals surface area contributed by atoms with Gasteiger partial charge in [0.05, 0.1) is 0 Å². The predicted octanol–water partition coefficient (Wildman–Crippen LogP) is -0.769. The largest absolute Gasteiger partial charge is 2.00 e. The number of hydrogen-bond donors (Lipinski definition) is 0. The van der Waals surface area contributed by atoms with E-state index in [1.54, 1.807) is 0 Å². The Bertz CT molecular complexity index is 4.85. The Hall–Kier alpha value is 2.55. The third-order valence-corrected chi connectivity index (χ3v) is 0. The van der Waals surface area contributed by atoms with Crippen molar-refractivity contribution in [2.24, 2.45) is 0 Å². The summed E-state index contributed by atoms with van der Waals surface area (Å²) < 4.78 is 0. The first-order chi connectivity index (χ1) is 0. The molecule has 0 N–H and O–H groups in total. The van der Waals surface area contributed by atoms with Gasteiger partial charge in [-0.25, -0.2) is 0 Å². The van der Waals surface area contributed by atoms with Crippen LogP contribution in [0.25, 0.3) is 0 Å². The molecule has 0 bridgehead atoms. The predicted molar refractivity (Wildman–Crippen MR) is 11.5 cm³/mol. The molecule has 0 amide bonds. The van der Waals surface area contributed by atoms with Gasteiger partial charge in [-0.3, -0.25) is 0 Å². The molecule has 0 unspecified atom stereocenters. The summed E-state index contributed by atoms with van der Waals surface area (Å²) in [6.07, 6.45) is 0. The molecule has 0 aromatic rings. The van der Waals surface area contributed by atoms with Gasteiger partial charge in [-0.2, -0.15) is 0 Å². The summed E-state index contributed by atoms with van der Waals surface area (Å²) in [7, 11) is 0. The molecule has 5 heteroatoms. The summed E-state index contributed by atoms with van der Waals surface area (Å²) in [6, 6.07) is 0. The molecule has 0 fully saturated rings. The molecule has 6 radical (unpaired) electrons. The average Bonchev–Trinajstić information content (AvgIpc) is 0. The van der Waals surface area contributed by atoms with E-state index in [1.807, 2.05) is 0 Å².